The highest BCUT2D eigenvalue weighted by atomic mass is 16.4. The zero-order chi connectivity index (χ0) is 9.84. The van der Waals surface area contributed by atoms with Gasteiger partial charge in [0.15, 0.2) is 0 Å². The van der Waals surface area contributed by atoms with Crippen molar-refractivity contribution < 1.29 is 15.4 Å². The van der Waals surface area contributed by atoms with Gasteiger partial charge in [0, 0.05) is 11.6 Å². The van der Waals surface area contributed by atoms with Gasteiger partial charge in [-0.2, -0.15) is 0 Å². The number of hydrogen-bond donors (Lipinski definition) is 3. The first-order valence-corrected chi connectivity index (χ1v) is 3.92. The van der Waals surface area contributed by atoms with Crippen LogP contribution in [0.1, 0.15) is 18.9 Å². The Morgan fingerprint density at radius 2 is 2.08 bits per heavy atom. The van der Waals surface area contributed by atoms with Gasteiger partial charge in [0.05, 0.1) is 5.71 Å². The number of aromatic hydroxyl groups is 2. The maximum absolute atomic E-state index is 9.37. The molecule has 0 spiro atoms. The third kappa shape index (κ3) is 1.90. The highest BCUT2D eigenvalue weighted by Gasteiger charge is 2.07. The SMILES string of the molecule is CC/C(=N\O)c1ccc(O)cc1O. The summed E-state index contributed by atoms with van der Waals surface area (Å²) in [6, 6.07) is 4.13. The van der Waals surface area contributed by atoms with Crippen molar-refractivity contribution in [3.8, 4) is 11.5 Å². The summed E-state index contributed by atoms with van der Waals surface area (Å²) < 4.78 is 0. The molecule has 4 nitrogen and oxygen atoms in total. The Labute approximate surface area is 75.8 Å². The summed E-state index contributed by atoms with van der Waals surface area (Å²) in [6.45, 7) is 1.81. The Balaban J connectivity index is 3.15. The first kappa shape index (κ1) is 9.38. The molecular weight excluding hydrogens is 170 g/mol. The molecule has 4 heteroatoms. The van der Waals surface area contributed by atoms with Crippen LogP contribution < -0.4 is 0 Å². The quantitative estimate of drug-likeness (QED) is 0.369. The van der Waals surface area contributed by atoms with Crippen LogP contribution in [0.2, 0.25) is 0 Å². The van der Waals surface area contributed by atoms with Crippen molar-refractivity contribution in [2.75, 3.05) is 0 Å². The lowest BCUT2D eigenvalue weighted by atomic mass is 10.1. The van der Waals surface area contributed by atoms with Crippen LogP contribution in [0.3, 0.4) is 0 Å². The molecule has 0 bridgehead atoms. The van der Waals surface area contributed by atoms with Gasteiger partial charge in [0.2, 0.25) is 0 Å². The third-order valence-corrected chi connectivity index (χ3v) is 1.75. The molecule has 13 heavy (non-hydrogen) atoms. The van der Waals surface area contributed by atoms with Gasteiger partial charge in [-0.25, -0.2) is 0 Å². The number of phenols is 2. The summed E-state index contributed by atoms with van der Waals surface area (Å²) in [7, 11) is 0. The van der Waals surface area contributed by atoms with Crippen LogP contribution in [-0.4, -0.2) is 21.1 Å². The summed E-state index contributed by atoms with van der Waals surface area (Å²) in [5.74, 6) is -0.107. The molecule has 0 saturated carbocycles. The van der Waals surface area contributed by atoms with Crippen molar-refractivity contribution in [2.24, 2.45) is 5.16 Å². The number of nitrogens with zero attached hydrogens (tertiary/aromatic N) is 1. The predicted molar refractivity (Wildman–Crippen MR) is 48.4 cm³/mol. The van der Waals surface area contributed by atoms with Crippen LogP contribution in [-0.2, 0) is 0 Å². The van der Waals surface area contributed by atoms with E-state index in [-0.39, 0.29) is 11.5 Å². The molecule has 0 amide bonds. The fourth-order valence-corrected chi connectivity index (χ4v) is 1.08. The van der Waals surface area contributed by atoms with E-state index in [2.05, 4.69) is 5.16 Å². The maximum atomic E-state index is 9.37. The van der Waals surface area contributed by atoms with Gasteiger partial charge in [-0.1, -0.05) is 12.1 Å². The Bertz CT molecular complexity index is 334. The lowest BCUT2D eigenvalue weighted by Crippen LogP contribution is -1.98. The molecule has 0 saturated heterocycles. The topological polar surface area (TPSA) is 73.1 Å². The van der Waals surface area contributed by atoms with E-state index in [1.54, 1.807) is 6.92 Å². The molecule has 0 heterocycles. The second kappa shape index (κ2) is 3.80. The van der Waals surface area contributed by atoms with Gasteiger partial charge in [-0.15, -0.1) is 0 Å². The molecule has 1 aromatic carbocycles. The third-order valence-electron chi connectivity index (χ3n) is 1.75. The van der Waals surface area contributed by atoms with Crippen LogP contribution in [0.4, 0.5) is 0 Å². The van der Waals surface area contributed by atoms with E-state index in [0.29, 0.717) is 17.7 Å². The summed E-state index contributed by atoms with van der Waals surface area (Å²) in [5.41, 5.74) is 0.820. The van der Waals surface area contributed by atoms with Gasteiger partial charge < -0.3 is 15.4 Å². The largest absolute Gasteiger partial charge is 0.508 e. The second-order valence-electron chi connectivity index (χ2n) is 2.60. The van der Waals surface area contributed by atoms with Gasteiger partial charge in [-0.05, 0) is 18.6 Å². The molecule has 0 unspecified atom stereocenters. The molecule has 0 aromatic heterocycles. The van der Waals surface area contributed by atoms with Crippen LogP contribution in [0.5, 0.6) is 11.5 Å². The van der Waals surface area contributed by atoms with Gasteiger partial charge in [0.1, 0.15) is 11.5 Å². The summed E-state index contributed by atoms with van der Waals surface area (Å²) in [4.78, 5) is 0. The van der Waals surface area contributed by atoms with Crippen molar-refractivity contribution in [2.45, 2.75) is 13.3 Å². The predicted octanol–water partition coefficient (Wildman–Crippen LogP) is 1.69. The normalized spacial score (nSPS) is 11.6. The standard InChI is InChI=1S/C9H11NO3/c1-2-8(10-13)7-4-3-6(11)5-9(7)12/h3-5,11-13H,2H2,1H3/b10-8+. The fraction of sp³-hybridized carbons (Fsp3) is 0.222. The number of hydrogen-bond acceptors (Lipinski definition) is 4. The summed E-state index contributed by atoms with van der Waals surface area (Å²) >= 11 is 0. The maximum Gasteiger partial charge on any atom is 0.128 e. The zero-order valence-electron chi connectivity index (χ0n) is 7.23. The van der Waals surface area contributed by atoms with E-state index in [0.717, 1.165) is 0 Å². The van der Waals surface area contributed by atoms with Crippen molar-refractivity contribution >= 4 is 5.71 Å². The van der Waals surface area contributed by atoms with Crippen LogP contribution in [0.15, 0.2) is 23.4 Å². The first-order valence-electron chi connectivity index (χ1n) is 3.92. The fourth-order valence-electron chi connectivity index (χ4n) is 1.08. The average molecular weight is 181 g/mol. The highest BCUT2D eigenvalue weighted by Crippen LogP contribution is 2.23. The Morgan fingerprint density at radius 3 is 2.54 bits per heavy atom. The number of rotatable bonds is 2. The zero-order valence-corrected chi connectivity index (χ0v) is 7.23. The number of phenolic OH excluding ortho intramolecular Hbond substituents is 2. The molecule has 0 aliphatic carbocycles. The van der Waals surface area contributed by atoms with Crippen LogP contribution in [0, 0.1) is 0 Å². The van der Waals surface area contributed by atoms with E-state index in [1.165, 1.54) is 18.2 Å². The smallest absolute Gasteiger partial charge is 0.128 e. The summed E-state index contributed by atoms with van der Waals surface area (Å²) in [5, 5.41) is 30.0. The minimum absolute atomic E-state index is 0.0188. The molecule has 70 valence electrons. The van der Waals surface area contributed by atoms with Crippen LogP contribution in [0.25, 0.3) is 0 Å². The summed E-state index contributed by atoms with van der Waals surface area (Å²) in [6.07, 6.45) is 0.509. The van der Waals surface area contributed by atoms with Crippen molar-refractivity contribution in [1.29, 1.82) is 0 Å². The molecule has 1 rings (SSSR count). The first-order chi connectivity index (χ1) is 6.19. The Morgan fingerprint density at radius 1 is 1.38 bits per heavy atom. The Kier molecular flexibility index (Phi) is 2.74. The number of benzene rings is 1. The highest BCUT2D eigenvalue weighted by molar-refractivity contribution is 6.02. The van der Waals surface area contributed by atoms with E-state index >= 15 is 0 Å². The van der Waals surface area contributed by atoms with E-state index in [9.17, 15) is 5.11 Å². The molecule has 0 atom stereocenters. The van der Waals surface area contributed by atoms with Crippen LogP contribution >= 0.6 is 0 Å². The molecule has 1 aromatic rings. The monoisotopic (exact) mass is 181 g/mol. The molecule has 0 radical (unpaired) electrons. The minimum Gasteiger partial charge on any atom is -0.508 e. The van der Waals surface area contributed by atoms with Crippen molar-refractivity contribution in [1.82, 2.24) is 0 Å². The van der Waals surface area contributed by atoms with E-state index < -0.39 is 0 Å². The second-order valence-corrected chi connectivity index (χ2v) is 2.60. The molecule has 3 N–H and O–H groups in total. The molecule has 0 aliphatic rings. The molecule has 0 fully saturated rings. The van der Waals surface area contributed by atoms with Gasteiger partial charge in [-0.3, -0.25) is 0 Å². The lowest BCUT2D eigenvalue weighted by molar-refractivity contribution is 0.318. The van der Waals surface area contributed by atoms with E-state index in [1.807, 2.05) is 0 Å². The average Bonchev–Trinajstić information content (AvgIpc) is 2.10. The molecule has 0 aliphatic heterocycles. The van der Waals surface area contributed by atoms with E-state index in [4.69, 9.17) is 10.3 Å². The van der Waals surface area contributed by atoms with Crippen molar-refractivity contribution in [3.63, 3.8) is 0 Å². The number of oxime groups is 1. The van der Waals surface area contributed by atoms with Gasteiger partial charge in [0.25, 0.3) is 0 Å². The van der Waals surface area contributed by atoms with Gasteiger partial charge >= 0.3 is 0 Å². The van der Waals surface area contributed by atoms with Crippen molar-refractivity contribution in [3.05, 3.63) is 23.8 Å². The molecular formula is C9H11NO3. The lowest BCUT2D eigenvalue weighted by Gasteiger charge is -2.04. The Hall–Kier alpha value is -1.71. The minimum atomic E-state index is -0.0883.